The molecule has 1 atom stereocenters. The second kappa shape index (κ2) is 10.4. The number of pyridine rings is 1. The van der Waals surface area contributed by atoms with Crippen LogP contribution in [0.5, 0.6) is 0 Å². The van der Waals surface area contributed by atoms with Crippen molar-refractivity contribution in [1.29, 1.82) is 0 Å². The Morgan fingerprint density at radius 3 is 2.43 bits per heavy atom. The lowest BCUT2D eigenvalue weighted by molar-refractivity contribution is 0.122. The molecule has 0 saturated carbocycles. The molecule has 7 nitrogen and oxygen atoms in total. The van der Waals surface area contributed by atoms with Gasteiger partial charge >= 0.3 is 0 Å². The number of anilines is 3. The predicted octanol–water partition coefficient (Wildman–Crippen LogP) is 4.87. The Labute approximate surface area is 212 Å². The van der Waals surface area contributed by atoms with Gasteiger partial charge in [-0.1, -0.05) is 49.7 Å². The molecule has 3 aromatic rings. The van der Waals surface area contributed by atoms with Crippen LogP contribution in [-0.4, -0.2) is 66.9 Å². The van der Waals surface area contributed by atoms with Crippen molar-refractivity contribution in [3.63, 3.8) is 0 Å². The summed E-state index contributed by atoms with van der Waals surface area (Å²) < 4.78 is 5.57. The highest BCUT2D eigenvalue weighted by Crippen LogP contribution is 2.30. The summed E-state index contributed by atoms with van der Waals surface area (Å²) in [5.74, 6) is 3.08. The number of aromatic nitrogens is 3. The van der Waals surface area contributed by atoms with Gasteiger partial charge in [0.25, 0.3) is 0 Å². The summed E-state index contributed by atoms with van der Waals surface area (Å²) in [6.07, 6.45) is 1.80. The topological polar surface area (TPSA) is 57.6 Å². The largest absolute Gasteiger partial charge is 0.378 e. The highest BCUT2D eigenvalue weighted by atomic mass is 35.5. The third-order valence-corrected chi connectivity index (χ3v) is 7.12. The number of hydrogen-bond acceptors (Lipinski definition) is 7. The first-order valence-corrected chi connectivity index (χ1v) is 12.8. The smallest absolute Gasteiger partial charge is 0.228 e. The number of benzene rings is 1. The molecule has 35 heavy (non-hydrogen) atoms. The van der Waals surface area contributed by atoms with Crippen LogP contribution in [0.4, 0.5) is 17.6 Å². The van der Waals surface area contributed by atoms with Crippen LogP contribution in [0.3, 0.4) is 0 Å². The van der Waals surface area contributed by atoms with E-state index in [1.807, 2.05) is 12.1 Å². The average Bonchev–Trinajstić information content (AvgIpc) is 2.89. The molecule has 1 unspecified atom stereocenters. The number of piperazine rings is 1. The van der Waals surface area contributed by atoms with E-state index in [0.29, 0.717) is 24.2 Å². The number of hydrogen-bond donors (Lipinski definition) is 0. The minimum absolute atomic E-state index is 0.241. The summed E-state index contributed by atoms with van der Waals surface area (Å²) in [6, 6.07) is 14.9. The van der Waals surface area contributed by atoms with Gasteiger partial charge in [-0.3, -0.25) is 0 Å². The maximum Gasteiger partial charge on any atom is 0.228 e. The predicted molar refractivity (Wildman–Crippen MR) is 143 cm³/mol. The van der Waals surface area contributed by atoms with Gasteiger partial charge in [0.1, 0.15) is 11.6 Å². The first-order chi connectivity index (χ1) is 17.0. The normalized spacial score (nSPS) is 18.9. The van der Waals surface area contributed by atoms with Crippen molar-refractivity contribution in [3.05, 3.63) is 59.2 Å². The fraction of sp³-hybridized carbons (Fsp3) is 0.444. The number of halogens is 1. The molecule has 2 fully saturated rings. The molecule has 8 heteroatoms. The van der Waals surface area contributed by atoms with Gasteiger partial charge in [-0.25, -0.2) is 9.97 Å². The summed E-state index contributed by atoms with van der Waals surface area (Å²) >= 11 is 6.43. The lowest BCUT2D eigenvalue weighted by Gasteiger charge is -2.41. The molecular weight excluding hydrogens is 460 g/mol. The van der Waals surface area contributed by atoms with Crippen LogP contribution in [0.2, 0.25) is 5.02 Å². The van der Waals surface area contributed by atoms with Crippen LogP contribution < -0.4 is 14.7 Å². The first-order valence-electron chi connectivity index (χ1n) is 12.4. The Morgan fingerprint density at radius 1 is 0.971 bits per heavy atom. The van der Waals surface area contributed by atoms with Crippen molar-refractivity contribution < 1.29 is 4.74 Å². The molecule has 0 bridgehead atoms. The van der Waals surface area contributed by atoms with Crippen molar-refractivity contribution >= 4 is 29.2 Å². The van der Waals surface area contributed by atoms with Crippen LogP contribution in [-0.2, 0) is 4.74 Å². The lowest BCUT2D eigenvalue weighted by Crippen LogP contribution is -2.53. The van der Waals surface area contributed by atoms with E-state index < -0.39 is 0 Å². The summed E-state index contributed by atoms with van der Waals surface area (Å²) in [4.78, 5) is 21.4. The van der Waals surface area contributed by atoms with Gasteiger partial charge in [0.05, 0.1) is 23.9 Å². The summed E-state index contributed by atoms with van der Waals surface area (Å²) in [6.45, 7) is 12.2. The second-order valence-electron chi connectivity index (χ2n) is 9.58. The molecule has 2 aromatic heterocycles. The lowest BCUT2D eigenvalue weighted by atomic mass is 10.0. The third-order valence-electron chi connectivity index (χ3n) is 6.83. The van der Waals surface area contributed by atoms with E-state index in [-0.39, 0.29) is 6.04 Å². The van der Waals surface area contributed by atoms with Crippen molar-refractivity contribution in [1.82, 2.24) is 15.0 Å². The second-order valence-corrected chi connectivity index (χ2v) is 9.99. The maximum absolute atomic E-state index is 6.43. The molecule has 0 amide bonds. The number of rotatable bonds is 5. The van der Waals surface area contributed by atoms with Crippen LogP contribution in [0, 0.1) is 0 Å². The summed E-state index contributed by atoms with van der Waals surface area (Å²) in [5.41, 5.74) is 3.39. The number of ether oxygens (including phenoxy) is 1. The zero-order valence-electron chi connectivity index (χ0n) is 20.7. The van der Waals surface area contributed by atoms with Gasteiger partial charge in [0.15, 0.2) is 0 Å². The molecule has 4 heterocycles. The molecule has 2 saturated heterocycles. The van der Waals surface area contributed by atoms with E-state index in [9.17, 15) is 0 Å². The fourth-order valence-electron chi connectivity index (χ4n) is 4.76. The molecule has 0 aliphatic carbocycles. The first kappa shape index (κ1) is 23.8. The Kier molecular flexibility index (Phi) is 7.07. The standard InChI is InChI=1S/C27H33ClN6O/c1-19(2)21-6-8-22(9-7-21)24-17-25(31-27(30-24)32-13-15-35-16-14-32)34-12-11-33(18-20(34)3)26-23(28)5-4-10-29-26/h4-10,17,19-20H,11-16,18H2,1-3H3. The Bertz CT molecular complexity index is 1150. The molecule has 0 N–H and O–H groups in total. The van der Waals surface area contributed by atoms with E-state index in [2.05, 4.69) is 70.8 Å². The molecule has 184 valence electrons. The van der Waals surface area contributed by atoms with Crippen molar-refractivity contribution in [3.8, 4) is 11.3 Å². The molecule has 1 aromatic carbocycles. The highest BCUT2D eigenvalue weighted by Gasteiger charge is 2.28. The summed E-state index contributed by atoms with van der Waals surface area (Å²) in [5, 5.41) is 0.692. The zero-order chi connectivity index (χ0) is 24.4. The number of morpholine rings is 1. The van der Waals surface area contributed by atoms with E-state index in [1.54, 1.807) is 6.20 Å². The van der Waals surface area contributed by atoms with Gasteiger partial charge < -0.3 is 19.4 Å². The summed E-state index contributed by atoms with van der Waals surface area (Å²) in [7, 11) is 0. The van der Waals surface area contributed by atoms with Gasteiger partial charge in [-0.05, 0) is 30.5 Å². The molecule has 5 rings (SSSR count). The van der Waals surface area contributed by atoms with E-state index in [0.717, 1.165) is 61.6 Å². The van der Waals surface area contributed by atoms with Gasteiger partial charge in [-0.2, -0.15) is 4.98 Å². The molecular formula is C27H33ClN6O. The Morgan fingerprint density at radius 2 is 1.74 bits per heavy atom. The van der Waals surface area contributed by atoms with E-state index in [1.165, 1.54) is 5.56 Å². The van der Waals surface area contributed by atoms with Crippen LogP contribution in [0.25, 0.3) is 11.3 Å². The van der Waals surface area contributed by atoms with Crippen molar-refractivity contribution in [2.24, 2.45) is 0 Å². The fourth-order valence-corrected chi connectivity index (χ4v) is 5.00. The highest BCUT2D eigenvalue weighted by molar-refractivity contribution is 6.32. The van der Waals surface area contributed by atoms with Gasteiger partial charge in [0, 0.05) is 56.6 Å². The van der Waals surface area contributed by atoms with Gasteiger partial charge in [0.2, 0.25) is 5.95 Å². The van der Waals surface area contributed by atoms with Crippen molar-refractivity contribution in [2.75, 3.05) is 60.6 Å². The van der Waals surface area contributed by atoms with Crippen LogP contribution in [0.15, 0.2) is 48.7 Å². The van der Waals surface area contributed by atoms with Crippen molar-refractivity contribution in [2.45, 2.75) is 32.7 Å². The van der Waals surface area contributed by atoms with Crippen LogP contribution >= 0.6 is 11.6 Å². The monoisotopic (exact) mass is 492 g/mol. The number of nitrogens with zero attached hydrogens (tertiary/aromatic N) is 6. The molecule has 0 spiro atoms. The molecule has 2 aliphatic heterocycles. The maximum atomic E-state index is 6.43. The Hall–Kier alpha value is -2.90. The van der Waals surface area contributed by atoms with Crippen LogP contribution in [0.1, 0.15) is 32.3 Å². The van der Waals surface area contributed by atoms with Gasteiger partial charge in [-0.15, -0.1) is 0 Å². The Balaban J connectivity index is 1.45. The van der Waals surface area contributed by atoms with E-state index in [4.69, 9.17) is 26.3 Å². The minimum atomic E-state index is 0.241. The van der Waals surface area contributed by atoms with E-state index >= 15 is 0 Å². The molecule has 0 radical (unpaired) electrons. The average molecular weight is 493 g/mol. The minimum Gasteiger partial charge on any atom is -0.378 e. The zero-order valence-corrected chi connectivity index (χ0v) is 21.4. The molecule has 2 aliphatic rings. The SMILES string of the molecule is CC(C)c1ccc(-c2cc(N3CCN(c4ncccc4Cl)CC3C)nc(N3CCOCC3)n2)cc1. The quantitative estimate of drug-likeness (QED) is 0.503. The third kappa shape index (κ3) is 5.21.